The van der Waals surface area contributed by atoms with Crippen LogP contribution in [0.3, 0.4) is 0 Å². The zero-order valence-electron chi connectivity index (χ0n) is 13.7. The van der Waals surface area contributed by atoms with Gasteiger partial charge in [0.2, 0.25) is 0 Å². The fourth-order valence-corrected chi connectivity index (χ4v) is 2.97. The quantitative estimate of drug-likeness (QED) is 0.348. The zero-order valence-corrected chi connectivity index (χ0v) is 14.5. The van der Waals surface area contributed by atoms with E-state index in [4.69, 9.17) is 22.1 Å². The molecule has 0 spiro atoms. The van der Waals surface area contributed by atoms with Crippen LogP contribution in [0.5, 0.6) is 0 Å². The number of benzene rings is 2. The molecule has 0 amide bonds. The molecule has 3 aromatic rings. The minimum Gasteiger partial charge on any atom is -0.296 e. The minimum atomic E-state index is 0.471. The van der Waals surface area contributed by atoms with E-state index in [9.17, 15) is 0 Å². The standard InChI is InChI=1S/C18H18ClN5/c1-3-18-22-16-10-12(2)15(19)11-17(16)24(18)14-6-4-13(5-7-14)8-9-21-23-20/h4-7,10-11H,3,8-9H2,1-2H3. The number of hydrogen-bond donors (Lipinski definition) is 0. The summed E-state index contributed by atoms with van der Waals surface area (Å²) in [6, 6.07) is 12.3. The Morgan fingerprint density at radius 1 is 1.25 bits per heavy atom. The molecule has 0 saturated carbocycles. The summed E-state index contributed by atoms with van der Waals surface area (Å²) in [4.78, 5) is 7.52. The van der Waals surface area contributed by atoms with Gasteiger partial charge < -0.3 is 0 Å². The van der Waals surface area contributed by atoms with Gasteiger partial charge in [0, 0.05) is 28.6 Å². The van der Waals surface area contributed by atoms with Gasteiger partial charge in [0.15, 0.2) is 0 Å². The summed E-state index contributed by atoms with van der Waals surface area (Å²) < 4.78 is 2.15. The number of fused-ring (bicyclic) bond motifs is 1. The molecule has 0 aliphatic carbocycles. The Balaban J connectivity index is 2.04. The van der Waals surface area contributed by atoms with Gasteiger partial charge in [0.1, 0.15) is 5.82 Å². The molecule has 1 heterocycles. The molecule has 24 heavy (non-hydrogen) atoms. The van der Waals surface area contributed by atoms with Gasteiger partial charge in [-0.2, -0.15) is 0 Å². The summed E-state index contributed by atoms with van der Waals surface area (Å²) >= 11 is 6.31. The van der Waals surface area contributed by atoms with Crippen molar-refractivity contribution in [1.82, 2.24) is 9.55 Å². The number of rotatable bonds is 5. The van der Waals surface area contributed by atoms with Crippen LogP contribution in [0.2, 0.25) is 5.02 Å². The van der Waals surface area contributed by atoms with Gasteiger partial charge in [-0.25, -0.2) is 4.98 Å². The van der Waals surface area contributed by atoms with Crippen LogP contribution < -0.4 is 0 Å². The van der Waals surface area contributed by atoms with Gasteiger partial charge in [-0.05, 0) is 54.3 Å². The average Bonchev–Trinajstić information content (AvgIpc) is 2.93. The number of aryl methyl sites for hydroxylation is 2. The van der Waals surface area contributed by atoms with E-state index in [-0.39, 0.29) is 0 Å². The highest BCUT2D eigenvalue weighted by Gasteiger charge is 2.13. The Hall–Kier alpha value is -2.49. The van der Waals surface area contributed by atoms with Crippen LogP contribution in [0.1, 0.15) is 23.9 Å². The predicted octanol–water partition coefficient (Wildman–Crippen LogP) is 5.40. The first kappa shape index (κ1) is 16.4. The first-order valence-electron chi connectivity index (χ1n) is 7.91. The molecule has 0 aliphatic heterocycles. The van der Waals surface area contributed by atoms with E-state index in [0.717, 1.165) is 51.5 Å². The maximum atomic E-state index is 8.35. The molecular formula is C18H18ClN5. The largest absolute Gasteiger partial charge is 0.296 e. The van der Waals surface area contributed by atoms with Crippen LogP contribution in [-0.4, -0.2) is 16.1 Å². The number of aromatic nitrogens is 2. The van der Waals surface area contributed by atoms with Gasteiger partial charge in [-0.3, -0.25) is 4.57 Å². The fourth-order valence-electron chi connectivity index (χ4n) is 2.81. The Morgan fingerprint density at radius 2 is 2.00 bits per heavy atom. The summed E-state index contributed by atoms with van der Waals surface area (Å²) in [5.41, 5.74) is 13.6. The van der Waals surface area contributed by atoms with Crippen molar-refractivity contribution in [2.75, 3.05) is 6.54 Å². The minimum absolute atomic E-state index is 0.471. The molecule has 0 saturated heterocycles. The summed E-state index contributed by atoms with van der Waals surface area (Å²) in [6.07, 6.45) is 1.57. The molecule has 0 atom stereocenters. The van der Waals surface area contributed by atoms with E-state index in [0.29, 0.717) is 6.54 Å². The van der Waals surface area contributed by atoms with E-state index in [1.807, 2.05) is 19.1 Å². The lowest BCUT2D eigenvalue weighted by molar-refractivity contribution is 0.905. The lowest BCUT2D eigenvalue weighted by atomic mass is 10.1. The molecule has 0 bridgehead atoms. The Bertz CT molecular complexity index is 921. The summed E-state index contributed by atoms with van der Waals surface area (Å²) in [7, 11) is 0. The van der Waals surface area contributed by atoms with Crippen LogP contribution >= 0.6 is 11.6 Å². The lowest BCUT2D eigenvalue weighted by Gasteiger charge is -2.10. The summed E-state index contributed by atoms with van der Waals surface area (Å²) in [5.74, 6) is 1.01. The molecule has 0 aliphatic rings. The second-order valence-corrected chi connectivity index (χ2v) is 6.09. The average molecular weight is 340 g/mol. The first-order chi connectivity index (χ1) is 11.6. The molecule has 0 fully saturated rings. The van der Waals surface area contributed by atoms with Gasteiger partial charge in [-0.1, -0.05) is 35.8 Å². The number of hydrogen-bond acceptors (Lipinski definition) is 2. The highest BCUT2D eigenvalue weighted by molar-refractivity contribution is 6.32. The Kier molecular flexibility index (Phi) is 4.74. The van der Waals surface area contributed by atoms with E-state index in [2.05, 4.69) is 45.8 Å². The van der Waals surface area contributed by atoms with Crippen molar-refractivity contribution in [2.24, 2.45) is 5.11 Å². The number of azide groups is 1. The molecule has 1 aromatic heterocycles. The first-order valence-corrected chi connectivity index (χ1v) is 8.29. The van der Waals surface area contributed by atoms with E-state index >= 15 is 0 Å². The highest BCUT2D eigenvalue weighted by atomic mass is 35.5. The number of halogens is 1. The van der Waals surface area contributed by atoms with Gasteiger partial charge in [0.05, 0.1) is 11.0 Å². The molecule has 5 nitrogen and oxygen atoms in total. The molecule has 6 heteroatoms. The van der Waals surface area contributed by atoms with Crippen LogP contribution in [0, 0.1) is 6.92 Å². The van der Waals surface area contributed by atoms with E-state index in [1.54, 1.807) is 0 Å². The van der Waals surface area contributed by atoms with Gasteiger partial charge >= 0.3 is 0 Å². The van der Waals surface area contributed by atoms with Crippen molar-refractivity contribution in [2.45, 2.75) is 26.7 Å². The third-order valence-corrected chi connectivity index (χ3v) is 4.49. The van der Waals surface area contributed by atoms with Crippen molar-refractivity contribution in [3.8, 4) is 5.69 Å². The van der Waals surface area contributed by atoms with Crippen LogP contribution in [0.25, 0.3) is 27.2 Å². The SMILES string of the molecule is CCc1nc2cc(C)c(Cl)cc2n1-c1ccc(CCN=[N+]=[N-])cc1. The molecule has 0 N–H and O–H groups in total. The van der Waals surface area contributed by atoms with Crippen LogP contribution in [0.15, 0.2) is 41.5 Å². The second kappa shape index (κ2) is 6.95. The molecule has 0 unspecified atom stereocenters. The summed E-state index contributed by atoms with van der Waals surface area (Å²) in [5, 5.41) is 4.32. The molecular weight excluding hydrogens is 322 g/mol. The maximum Gasteiger partial charge on any atom is 0.114 e. The van der Waals surface area contributed by atoms with Crippen molar-refractivity contribution < 1.29 is 0 Å². The molecule has 0 radical (unpaired) electrons. The van der Waals surface area contributed by atoms with Gasteiger partial charge in [0.25, 0.3) is 0 Å². The highest BCUT2D eigenvalue weighted by Crippen LogP contribution is 2.27. The third-order valence-electron chi connectivity index (χ3n) is 4.08. The fraction of sp³-hybridized carbons (Fsp3) is 0.278. The monoisotopic (exact) mass is 339 g/mol. The molecule has 2 aromatic carbocycles. The van der Waals surface area contributed by atoms with Crippen LogP contribution in [-0.2, 0) is 12.8 Å². The Labute approximate surface area is 145 Å². The van der Waals surface area contributed by atoms with E-state index < -0.39 is 0 Å². The lowest BCUT2D eigenvalue weighted by Crippen LogP contribution is -2.00. The Morgan fingerprint density at radius 3 is 2.67 bits per heavy atom. The topological polar surface area (TPSA) is 66.6 Å². The number of imidazole rings is 1. The molecule has 122 valence electrons. The summed E-state index contributed by atoms with van der Waals surface area (Å²) in [6.45, 7) is 4.56. The molecule has 3 rings (SSSR count). The second-order valence-electron chi connectivity index (χ2n) is 5.68. The van der Waals surface area contributed by atoms with Gasteiger partial charge in [-0.15, -0.1) is 0 Å². The van der Waals surface area contributed by atoms with Crippen LogP contribution in [0.4, 0.5) is 0 Å². The predicted molar refractivity (Wildman–Crippen MR) is 97.9 cm³/mol. The maximum absolute atomic E-state index is 8.35. The smallest absolute Gasteiger partial charge is 0.114 e. The van der Waals surface area contributed by atoms with E-state index in [1.165, 1.54) is 0 Å². The van der Waals surface area contributed by atoms with Crippen molar-refractivity contribution in [1.29, 1.82) is 0 Å². The number of nitrogens with zero attached hydrogens (tertiary/aromatic N) is 5. The zero-order chi connectivity index (χ0) is 17.1. The normalized spacial score (nSPS) is 10.8. The third kappa shape index (κ3) is 3.09. The van der Waals surface area contributed by atoms with Crippen molar-refractivity contribution in [3.05, 3.63) is 68.8 Å². The van der Waals surface area contributed by atoms with Crippen molar-refractivity contribution in [3.63, 3.8) is 0 Å². The van der Waals surface area contributed by atoms with Crippen molar-refractivity contribution >= 4 is 22.6 Å².